The van der Waals surface area contributed by atoms with Crippen LogP contribution in [-0.2, 0) is 14.3 Å². The molecule has 3 atom stereocenters. The van der Waals surface area contributed by atoms with Gasteiger partial charge in [-0.1, -0.05) is 18.9 Å². The summed E-state index contributed by atoms with van der Waals surface area (Å²) in [6.07, 6.45) is 3.95. The highest BCUT2D eigenvalue weighted by atomic mass is 32.1. The molecule has 0 unspecified atom stereocenters. The molecule has 1 aromatic rings. The summed E-state index contributed by atoms with van der Waals surface area (Å²) in [5, 5.41) is 6.71. The molecule has 2 aliphatic rings. The van der Waals surface area contributed by atoms with Gasteiger partial charge < -0.3 is 25.0 Å². The zero-order valence-electron chi connectivity index (χ0n) is 15.6. The molecule has 1 amide bonds. The van der Waals surface area contributed by atoms with Crippen LogP contribution in [0.15, 0.2) is 24.3 Å². The molecule has 27 heavy (non-hydrogen) atoms. The molecule has 3 rings (SSSR count). The number of thiocarbonyl (C=S) groups is 1. The summed E-state index contributed by atoms with van der Waals surface area (Å²) in [6, 6.07) is 6.86. The first kappa shape index (κ1) is 19.4. The summed E-state index contributed by atoms with van der Waals surface area (Å²) in [6.45, 7) is 0. The molecule has 1 saturated carbocycles. The molecule has 8 heteroatoms. The third-order valence-corrected chi connectivity index (χ3v) is 5.51. The minimum Gasteiger partial charge on any atom is -0.497 e. The van der Waals surface area contributed by atoms with E-state index < -0.39 is 12.0 Å². The van der Waals surface area contributed by atoms with Gasteiger partial charge in [0.2, 0.25) is 5.91 Å². The first-order chi connectivity index (χ1) is 13.0. The highest BCUT2D eigenvalue weighted by Gasteiger charge is 2.44. The Morgan fingerprint density at radius 3 is 2.85 bits per heavy atom. The number of rotatable bonds is 4. The van der Waals surface area contributed by atoms with Crippen LogP contribution in [0, 0.1) is 0 Å². The molecule has 2 fully saturated rings. The molecule has 0 aromatic heterocycles. The van der Waals surface area contributed by atoms with Gasteiger partial charge in [-0.3, -0.25) is 9.59 Å². The number of piperazine rings is 1. The van der Waals surface area contributed by atoms with E-state index in [4.69, 9.17) is 21.7 Å². The number of methoxy groups -OCH3 is 2. The highest BCUT2D eigenvalue weighted by molar-refractivity contribution is 7.80. The molecule has 0 bridgehead atoms. The summed E-state index contributed by atoms with van der Waals surface area (Å²) in [7, 11) is 2.93. The molecular formula is C19H25N3O4S. The van der Waals surface area contributed by atoms with Crippen LogP contribution in [0.3, 0.4) is 0 Å². The van der Waals surface area contributed by atoms with Crippen LogP contribution in [0.25, 0.3) is 0 Å². The lowest BCUT2D eigenvalue weighted by Crippen LogP contribution is -2.68. The third kappa shape index (κ3) is 4.32. The van der Waals surface area contributed by atoms with Gasteiger partial charge in [0.15, 0.2) is 5.11 Å². The minimum absolute atomic E-state index is 0.0362. The Bertz CT molecular complexity index is 727. The summed E-state index contributed by atoms with van der Waals surface area (Å²) in [5.74, 6) is 0.0952. The fraction of sp³-hybridized carbons (Fsp3) is 0.526. The van der Waals surface area contributed by atoms with E-state index in [9.17, 15) is 9.59 Å². The van der Waals surface area contributed by atoms with E-state index in [2.05, 4.69) is 10.6 Å². The van der Waals surface area contributed by atoms with Gasteiger partial charge in [-0.25, -0.2) is 0 Å². The number of anilines is 1. The van der Waals surface area contributed by atoms with Gasteiger partial charge in [0.05, 0.1) is 26.7 Å². The van der Waals surface area contributed by atoms with Crippen molar-refractivity contribution >= 4 is 34.9 Å². The lowest BCUT2D eigenvalue weighted by Gasteiger charge is -2.49. The zero-order chi connectivity index (χ0) is 19.4. The summed E-state index contributed by atoms with van der Waals surface area (Å²) in [5.41, 5.74) is 0.773. The molecule has 1 aliphatic carbocycles. The normalized spacial score (nSPS) is 24.4. The van der Waals surface area contributed by atoms with Crippen molar-refractivity contribution in [1.29, 1.82) is 0 Å². The quantitative estimate of drug-likeness (QED) is 0.601. The van der Waals surface area contributed by atoms with E-state index in [0.717, 1.165) is 31.4 Å². The van der Waals surface area contributed by atoms with Gasteiger partial charge in [-0.05, 0) is 37.2 Å². The molecule has 0 radical (unpaired) electrons. The number of benzene rings is 1. The van der Waals surface area contributed by atoms with Crippen molar-refractivity contribution in [3.8, 4) is 5.75 Å². The third-order valence-electron chi connectivity index (χ3n) is 5.20. The van der Waals surface area contributed by atoms with Gasteiger partial charge in [-0.15, -0.1) is 0 Å². The second kappa shape index (κ2) is 8.56. The Morgan fingerprint density at radius 1 is 1.33 bits per heavy atom. The lowest BCUT2D eigenvalue weighted by atomic mass is 9.85. The fourth-order valence-corrected chi connectivity index (χ4v) is 4.24. The first-order valence-corrected chi connectivity index (χ1v) is 9.55. The second-order valence-electron chi connectivity index (χ2n) is 6.83. The number of fused-ring (bicyclic) bond motifs is 1. The largest absolute Gasteiger partial charge is 0.497 e. The first-order valence-electron chi connectivity index (χ1n) is 9.14. The van der Waals surface area contributed by atoms with Crippen molar-refractivity contribution in [3.63, 3.8) is 0 Å². The Balaban J connectivity index is 1.85. The number of hydrogen-bond donors (Lipinski definition) is 2. The molecule has 2 N–H and O–H groups in total. The molecule has 146 valence electrons. The average molecular weight is 391 g/mol. The van der Waals surface area contributed by atoms with Crippen molar-refractivity contribution in [2.75, 3.05) is 19.5 Å². The molecule has 1 heterocycles. The zero-order valence-corrected chi connectivity index (χ0v) is 16.4. The molecule has 1 saturated heterocycles. The number of amides is 1. The average Bonchev–Trinajstić information content (AvgIpc) is 2.68. The lowest BCUT2D eigenvalue weighted by molar-refractivity contribution is -0.146. The second-order valence-corrected chi connectivity index (χ2v) is 7.22. The van der Waals surface area contributed by atoms with Crippen LogP contribution < -0.4 is 15.4 Å². The molecule has 7 nitrogen and oxygen atoms in total. The van der Waals surface area contributed by atoms with Crippen LogP contribution >= 0.6 is 12.2 Å². The number of nitrogens with zero attached hydrogens (tertiary/aromatic N) is 1. The highest BCUT2D eigenvalue weighted by Crippen LogP contribution is 2.30. The fourth-order valence-electron chi connectivity index (χ4n) is 3.86. The van der Waals surface area contributed by atoms with Gasteiger partial charge >= 0.3 is 5.97 Å². The standard InChI is InChI=1S/C19H25N3O4S/c1-25-13-7-5-6-12(10-13)20-19(27)22-15-9-4-3-8-14(15)21-18(24)16(22)11-17(23)26-2/h5-7,10,14-16H,3-4,8-9,11H2,1-2H3,(H,20,27)(H,21,24)/t14-,15+,16+/m1/s1. The van der Waals surface area contributed by atoms with Crippen molar-refractivity contribution in [2.45, 2.75) is 50.2 Å². The van der Waals surface area contributed by atoms with Crippen LogP contribution in [0.2, 0.25) is 0 Å². The van der Waals surface area contributed by atoms with E-state index >= 15 is 0 Å². The van der Waals surface area contributed by atoms with Crippen LogP contribution in [0.5, 0.6) is 5.75 Å². The van der Waals surface area contributed by atoms with Crippen LogP contribution in [0.4, 0.5) is 5.69 Å². The Morgan fingerprint density at radius 2 is 2.11 bits per heavy atom. The molecular weight excluding hydrogens is 366 g/mol. The van der Waals surface area contributed by atoms with E-state index in [-0.39, 0.29) is 24.4 Å². The Hall–Kier alpha value is -2.35. The number of carbonyl (C=O) groups excluding carboxylic acids is 2. The van der Waals surface area contributed by atoms with Gasteiger partial charge in [0.1, 0.15) is 11.8 Å². The van der Waals surface area contributed by atoms with Crippen molar-refractivity contribution in [3.05, 3.63) is 24.3 Å². The summed E-state index contributed by atoms with van der Waals surface area (Å²) >= 11 is 5.66. The Labute approximate surface area is 164 Å². The van der Waals surface area contributed by atoms with E-state index in [1.807, 2.05) is 29.2 Å². The number of nitrogens with one attached hydrogen (secondary N) is 2. The van der Waals surface area contributed by atoms with E-state index in [0.29, 0.717) is 10.9 Å². The van der Waals surface area contributed by atoms with Crippen molar-refractivity contribution < 1.29 is 19.1 Å². The topological polar surface area (TPSA) is 79.9 Å². The predicted molar refractivity (Wildman–Crippen MR) is 106 cm³/mol. The monoisotopic (exact) mass is 391 g/mol. The van der Waals surface area contributed by atoms with Gasteiger partial charge in [-0.2, -0.15) is 0 Å². The predicted octanol–water partition coefficient (Wildman–Crippen LogP) is 2.07. The number of hydrogen-bond acceptors (Lipinski definition) is 5. The van der Waals surface area contributed by atoms with Crippen LogP contribution in [0.1, 0.15) is 32.1 Å². The maximum atomic E-state index is 12.7. The maximum absolute atomic E-state index is 12.7. The van der Waals surface area contributed by atoms with Crippen molar-refractivity contribution in [1.82, 2.24) is 10.2 Å². The number of esters is 1. The minimum atomic E-state index is -0.678. The van der Waals surface area contributed by atoms with Crippen molar-refractivity contribution in [2.24, 2.45) is 0 Å². The van der Waals surface area contributed by atoms with E-state index in [1.54, 1.807) is 7.11 Å². The summed E-state index contributed by atoms with van der Waals surface area (Å²) < 4.78 is 10.0. The van der Waals surface area contributed by atoms with E-state index in [1.165, 1.54) is 7.11 Å². The smallest absolute Gasteiger partial charge is 0.308 e. The van der Waals surface area contributed by atoms with Gasteiger partial charge in [0.25, 0.3) is 0 Å². The molecule has 1 aromatic carbocycles. The number of carbonyl (C=O) groups is 2. The molecule has 0 spiro atoms. The summed E-state index contributed by atoms with van der Waals surface area (Å²) in [4.78, 5) is 26.5. The SMILES string of the molecule is COC(=O)C[C@H]1C(=O)N[C@@H]2CCCC[C@@H]2N1C(=S)Nc1cccc(OC)c1. The molecule has 1 aliphatic heterocycles. The van der Waals surface area contributed by atoms with Crippen LogP contribution in [-0.4, -0.2) is 54.2 Å². The van der Waals surface area contributed by atoms with Gasteiger partial charge in [0, 0.05) is 17.8 Å². The number of ether oxygens (including phenoxy) is 2. The maximum Gasteiger partial charge on any atom is 0.308 e. The Kier molecular flexibility index (Phi) is 6.15.